The Balaban J connectivity index is 2.03. The molecular formula is C14H17N5O3S. The van der Waals surface area contributed by atoms with E-state index in [-0.39, 0.29) is 11.5 Å². The van der Waals surface area contributed by atoms with Gasteiger partial charge in [0.2, 0.25) is 0 Å². The number of fused-ring (bicyclic) bond motifs is 1. The van der Waals surface area contributed by atoms with Crippen molar-refractivity contribution in [3.8, 4) is 0 Å². The largest absolute Gasteiger partial charge is 0.462 e. The third-order valence-electron chi connectivity index (χ3n) is 3.65. The number of ether oxygens (including phenoxy) is 1. The van der Waals surface area contributed by atoms with E-state index in [4.69, 9.17) is 10.5 Å². The summed E-state index contributed by atoms with van der Waals surface area (Å²) in [5, 5.41) is 13.3. The van der Waals surface area contributed by atoms with Gasteiger partial charge in [-0.15, -0.1) is 21.6 Å². The van der Waals surface area contributed by atoms with Gasteiger partial charge in [0.05, 0.1) is 6.61 Å². The van der Waals surface area contributed by atoms with Gasteiger partial charge in [-0.3, -0.25) is 15.0 Å². The van der Waals surface area contributed by atoms with Gasteiger partial charge >= 0.3 is 5.97 Å². The Morgan fingerprint density at radius 1 is 1.30 bits per heavy atom. The lowest BCUT2D eigenvalue weighted by molar-refractivity contribution is 0.0526. The second kappa shape index (κ2) is 6.37. The number of nitrogens with zero attached hydrogens (tertiary/aromatic N) is 2. The second-order valence-corrected chi connectivity index (χ2v) is 6.24. The molecule has 122 valence electrons. The monoisotopic (exact) mass is 335 g/mol. The molecule has 0 spiro atoms. The molecule has 0 radical (unpaired) electrons. The molecule has 9 heteroatoms. The number of hydrogen-bond acceptors (Lipinski definition) is 7. The number of carbonyl (C=O) groups is 1. The standard InChI is InChI=1S/C14H17N5O3S/c1-2-22-14(21)9-7-5-3-4-6-8(7)23-13(9)19-16-10-11(15)17-18-12(10)20/h2-6H2,1H3,(H4,15,17,18,20). The average Bonchev–Trinajstić information content (AvgIpc) is 3.06. The van der Waals surface area contributed by atoms with E-state index in [0.29, 0.717) is 17.2 Å². The van der Waals surface area contributed by atoms with Gasteiger partial charge in [-0.05, 0) is 38.2 Å². The molecule has 0 atom stereocenters. The van der Waals surface area contributed by atoms with E-state index in [2.05, 4.69) is 20.4 Å². The van der Waals surface area contributed by atoms with E-state index in [1.54, 1.807) is 6.92 Å². The van der Waals surface area contributed by atoms with Crippen molar-refractivity contribution < 1.29 is 9.53 Å². The van der Waals surface area contributed by atoms with Crippen molar-refractivity contribution in [3.63, 3.8) is 0 Å². The highest BCUT2D eigenvalue weighted by Gasteiger charge is 2.26. The highest BCUT2D eigenvalue weighted by Crippen LogP contribution is 2.40. The maximum absolute atomic E-state index is 12.3. The molecule has 2 aromatic heterocycles. The Hall–Kier alpha value is -2.42. The van der Waals surface area contributed by atoms with Crippen LogP contribution in [0.3, 0.4) is 0 Å². The van der Waals surface area contributed by atoms with Crippen molar-refractivity contribution in [1.29, 1.82) is 0 Å². The van der Waals surface area contributed by atoms with Gasteiger partial charge in [0.1, 0.15) is 11.4 Å². The minimum atomic E-state index is -0.453. The van der Waals surface area contributed by atoms with E-state index in [9.17, 15) is 9.59 Å². The fraction of sp³-hybridized carbons (Fsp3) is 0.429. The van der Waals surface area contributed by atoms with Crippen molar-refractivity contribution in [2.24, 2.45) is 10.2 Å². The normalized spacial score (nSPS) is 14.1. The molecule has 0 saturated carbocycles. The van der Waals surface area contributed by atoms with E-state index in [1.165, 1.54) is 11.3 Å². The maximum atomic E-state index is 12.3. The number of aromatic nitrogens is 2. The summed E-state index contributed by atoms with van der Waals surface area (Å²) in [5.41, 5.74) is 6.65. The first kappa shape index (κ1) is 15.5. The van der Waals surface area contributed by atoms with Crippen molar-refractivity contribution in [2.45, 2.75) is 32.6 Å². The zero-order chi connectivity index (χ0) is 16.4. The first-order valence-electron chi connectivity index (χ1n) is 7.41. The number of esters is 1. The number of carbonyl (C=O) groups excluding carboxylic acids is 1. The van der Waals surface area contributed by atoms with E-state index in [0.717, 1.165) is 36.1 Å². The number of aromatic amines is 2. The molecule has 0 unspecified atom stereocenters. The molecule has 2 heterocycles. The number of thiophene rings is 1. The Labute approximate surface area is 135 Å². The van der Waals surface area contributed by atoms with E-state index < -0.39 is 11.5 Å². The predicted molar refractivity (Wildman–Crippen MR) is 86.9 cm³/mol. The predicted octanol–water partition coefficient (Wildman–Crippen LogP) is 2.82. The SMILES string of the molecule is CCOC(=O)c1c(N=Nc2c(N)[nH][nH]c2=O)sc2c1CCCC2. The summed E-state index contributed by atoms with van der Waals surface area (Å²) in [4.78, 5) is 25.0. The van der Waals surface area contributed by atoms with Crippen LogP contribution in [0.4, 0.5) is 16.5 Å². The molecule has 0 saturated heterocycles. The van der Waals surface area contributed by atoms with Crippen LogP contribution in [0.5, 0.6) is 0 Å². The van der Waals surface area contributed by atoms with Gasteiger partial charge in [0.15, 0.2) is 10.7 Å². The summed E-state index contributed by atoms with van der Waals surface area (Å²) in [6.45, 7) is 2.06. The zero-order valence-electron chi connectivity index (χ0n) is 12.6. The number of H-pyrrole nitrogens is 2. The van der Waals surface area contributed by atoms with Crippen LogP contribution in [0, 0.1) is 0 Å². The Morgan fingerprint density at radius 2 is 2.09 bits per heavy atom. The molecule has 1 aliphatic rings. The van der Waals surface area contributed by atoms with Crippen LogP contribution in [0.25, 0.3) is 0 Å². The first-order chi connectivity index (χ1) is 11.1. The van der Waals surface area contributed by atoms with Crippen LogP contribution in [0.2, 0.25) is 0 Å². The third-order valence-corrected chi connectivity index (χ3v) is 4.83. The highest BCUT2D eigenvalue weighted by molar-refractivity contribution is 7.16. The number of azo groups is 1. The van der Waals surface area contributed by atoms with Crippen LogP contribution in [0.1, 0.15) is 40.6 Å². The summed E-state index contributed by atoms with van der Waals surface area (Å²) in [6, 6.07) is 0. The number of aryl methyl sites for hydroxylation is 1. The molecule has 0 fully saturated rings. The maximum Gasteiger partial charge on any atom is 0.341 e. The quantitative estimate of drug-likeness (QED) is 0.586. The molecule has 4 N–H and O–H groups in total. The number of rotatable bonds is 4. The van der Waals surface area contributed by atoms with Crippen LogP contribution in [-0.4, -0.2) is 22.8 Å². The summed E-state index contributed by atoms with van der Waals surface area (Å²) >= 11 is 1.43. The van der Waals surface area contributed by atoms with Gasteiger partial charge in [0.25, 0.3) is 5.56 Å². The summed E-state index contributed by atoms with van der Waals surface area (Å²) in [7, 11) is 0. The topological polar surface area (TPSA) is 126 Å². The number of hydrogen-bond donors (Lipinski definition) is 3. The van der Waals surface area contributed by atoms with Crippen LogP contribution >= 0.6 is 11.3 Å². The van der Waals surface area contributed by atoms with Gasteiger partial charge < -0.3 is 10.5 Å². The third kappa shape index (κ3) is 2.91. The highest BCUT2D eigenvalue weighted by atomic mass is 32.1. The van der Waals surface area contributed by atoms with Gasteiger partial charge in [-0.25, -0.2) is 4.79 Å². The Morgan fingerprint density at radius 3 is 2.78 bits per heavy atom. The van der Waals surface area contributed by atoms with Gasteiger partial charge in [-0.2, -0.15) is 0 Å². The Bertz CT molecular complexity index is 817. The number of anilines is 1. The molecule has 0 aromatic carbocycles. The van der Waals surface area contributed by atoms with Crippen LogP contribution in [-0.2, 0) is 17.6 Å². The van der Waals surface area contributed by atoms with Crippen LogP contribution < -0.4 is 11.3 Å². The zero-order valence-corrected chi connectivity index (χ0v) is 13.5. The lowest BCUT2D eigenvalue weighted by Crippen LogP contribution is -2.09. The molecule has 8 nitrogen and oxygen atoms in total. The number of nitrogens with two attached hydrogens (primary N) is 1. The van der Waals surface area contributed by atoms with E-state index in [1.807, 2.05) is 0 Å². The summed E-state index contributed by atoms with van der Waals surface area (Å²) in [6.07, 6.45) is 3.89. The summed E-state index contributed by atoms with van der Waals surface area (Å²) < 4.78 is 5.14. The molecular weight excluding hydrogens is 318 g/mol. The minimum absolute atomic E-state index is 0.00572. The average molecular weight is 335 g/mol. The summed E-state index contributed by atoms with van der Waals surface area (Å²) in [5.74, 6) is -0.283. The van der Waals surface area contributed by atoms with Crippen molar-refractivity contribution in [3.05, 3.63) is 26.4 Å². The second-order valence-electron chi connectivity index (χ2n) is 5.15. The molecule has 0 amide bonds. The van der Waals surface area contributed by atoms with Crippen molar-refractivity contribution in [2.75, 3.05) is 12.3 Å². The molecule has 1 aliphatic carbocycles. The number of nitrogen functional groups attached to an aromatic ring is 1. The minimum Gasteiger partial charge on any atom is -0.462 e. The fourth-order valence-electron chi connectivity index (χ4n) is 2.60. The first-order valence-corrected chi connectivity index (χ1v) is 8.23. The van der Waals surface area contributed by atoms with Gasteiger partial charge in [0, 0.05) is 4.88 Å². The van der Waals surface area contributed by atoms with Crippen LogP contribution in [0.15, 0.2) is 15.0 Å². The molecule has 23 heavy (non-hydrogen) atoms. The molecule has 0 aliphatic heterocycles. The van der Waals surface area contributed by atoms with Crippen molar-refractivity contribution >= 4 is 33.8 Å². The lowest BCUT2D eigenvalue weighted by Gasteiger charge is -2.11. The van der Waals surface area contributed by atoms with Gasteiger partial charge in [-0.1, -0.05) is 0 Å². The lowest BCUT2D eigenvalue weighted by atomic mass is 9.95. The molecule has 3 rings (SSSR count). The van der Waals surface area contributed by atoms with Crippen molar-refractivity contribution in [1.82, 2.24) is 10.2 Å². The smallest absolute Gasteiger partial charge is 0.341 e. The molecule has 0 bridgehead atoms. The number of nitrogens with one attached hydrogen (secondary N) is 2. The molecule has 2 aromatic rings. The Kier molecular flexibility index (Phi) is 4.28. The van der Waals surface area contributed by atoms with E-state index >= 15 is 0 Å². The fourth-order valence-corrected chi connectivity index (χ4v) is 3.79.